The third-order valence-corrected chi connectivity index (χ3v) is 6.05. The zero-order valence-electron chi connectivity index (χ0n) is 20.7. The number of aliphatic hydroxyl groups is 1. The molecule has 192 valence electrons. The minimum atomic E-state index is -1.36. The van der Waals surface area contributed by atoms with Crippen LogP contribution in [0.3, 0.4) is 0 Å². The largest absolute Gasteiger partial charge is 0.467 e. The Morgan fingerprint density at radius 2 is 1.94 bits per heavy atom. The number of esters is 1. The smallest absolute Gasteiger partial charge is 0.330 e. The number of nitriles is 1. The fourth-order valence-corrected chi connectivity index (χ4v) is 3.98. The van der Waals surface area contributed by atoms with Gasteiger partial charge in [0.2, 0.25) is 5.91 Å². The summed E-state index contributed by atoms with van der Waals surface area (Å²) in [5.41, 5.74) is -0.192. The first-order valence-electron chi connectivity index (χ1n) is 11.0. The van der Waals surface area contributed by atoms with Gasteiger partial charge in [-0.1, -0.05) is 26.8 Å². The van der Waals surface area contributed by atoms with Crippen LogP contribution in [0.5, 0.6) is 0 Å². The lowest BCUT2D eigenvalue weighted by atomic mass is 9.95. The fourth-order valence-electron chi connectivity index (χ4n) is 2.89. The van der Waals surface area contributed by atoms with Crippen molar-refractivity contribution in [2.75, 3.05) is 24.4 Å². The first-order chi connectivity index (χ1) is 17.0. The molecule has 1 atom stereocenters. The minimum absolute atomic E-state index is 0.100. The van der Waals surface area contributed by atoms with Gasteiger partial charge in [-0.2, -0.15) is 5.26 Å². The van der Waals surface area contributed by atoms with Gasteiger partial charge in [0.05, 0.1) is 13.7 Å². The molecule has 0 saturated heterocycles. The molecule has 0 aliphatic rings. The van der Waals surface area contributed by atoms with Crippen molar-refractivity contribution >= 4 is 52.3 Å². The molecule has 0 fully saturated rings. The number of amides is 2. The van der Waals surface area contributed by atoms with Crippen molar-refractivity contribution in [3.8, 4) is 6.07 Å². The van der Waals surface area contributed by atoms with Crippen molar-refractivity contribution in [3.05, 3.63) is 43.8 Å². The number of aliphatic hydroxyl groups excluding tert-OH is 1. The summed E-state index contributed by atoms with van der Waals surface area (Å²) in [6, 6.07) is 7.35. The highest BCUT2D eigenvalue weighted by atomic mass is 32.1. The molecule has 0 saturated carbocycles. The third-order valence-electron chi connectivity index (χ3n) is 4.92. The molecule has 2 aromatic rings. The topological polar surface area (TPSA) is 163 Å². The average molecular weight is 516 g/mol. The number of thiazole rings is 1. The van der Waals surface area contributed by atoms with E-state index in [0.29, 0.717) is 11.4 Å². The summed E-state index contributed by atoms with van der Waals surface area (Å²) in [4.78, 5) is 49.5. The van der Waals surface area contributed by atoms with Crippen molar-refractivity contribution in [1.29, 1.82) is 5.26 Å². The van der Waals surface area contributed by atoms with E-state index in [1.54, 1.807) is 58.0 Å². The van der Waals surface area contributed by atoms with E-state index in [4.69, 9.17) is 0 Å². The number of carbonyl (C=O) groups excluding carboxylic acids is 3. The molecule has 2 amide bonds. The molecule has 0 aliphatic carbocycles. The number of anilines is 2. The Morgan fingerprint density at radius 1 is 1.28 bits per heavy atom. The van der Waals surface area contributed by atoms with Crippen molar-refractivity contribution < 1.29 is 24.2 Å². The maximum atomic E-state index is 12.9. The second-order valence-corrected chi connectivity index (χ2v) is 9.64. The maximum Gasteiger partial charge on any atom is 0.330 e. The van der Waals surface area contributed by atoms with Gasteiger partial charge in [-0.25, -0.2) is 4.79 Å². The number of methoxy groups -OCH3 is 1. The van der Waals surface area contributed by atoms with Gasteiger partial charge < -0.3 is 25.8 Å². The highest BCUT2D eigenvalue weighted by Crippen LogP contribution is 2.20. The van der Waals surface area contributed by atoms with Crippen LogP contribution < -0.4 is 30.7 Å². The summed E-state index contributed by atoms with van der Waals surface area (Å²) in [6.45, 7) is 6.56. The van der Waals surface area contributed by atoms with Crippen LogP contribution in [0, 0.1) is 16.7 Å². The molecule has 0 spiro atoms. The van der Waals surface area contributed by atoms with Gasteiger partial charge in [0, 0.05) is 29.5 Å². The SMILES string of the molecule is CCn1c(=O)/c(=C\Nc2cccc(NC(=O)C(C)(C)C)c2)s/c1=C(/C#N)C(=O)NC(CO)C(=O)OC. The highest BCUT2D eigenvalue weighted by molar-refractivity contribution is 7.07. The molecule has 11 nitrogen and oxygen atoms in total. The van der Waals surface area contributed by atoms with Crippen molar-refractivity contribution in [2.45, 2.75) is 40.3 Å². The van der Waals surface area contributed by atoms with Crippen LogP contribution in [0.2, 0.25) is 0 Å². The Kier molecular flexibility index (Phi) is 9.54. The third kappa shape index (κ3) is 6.80. The lowest BCUT2D eigenvalue weighted by Gasteiger charge is -2.18. The molecule has 4 N–H and O–H groups in total. The summed E-state index contributed by atoms with van der Waals surface area (Å²) >= 11 is 0.922. The van der Waals surface area contributed by atoms with E-state index in [1.165, 1.54) is 10.8 Å². The van der Waals surface area contributed by atoms with E-state index in [-0.39, 0.29) is 27.2 Å². The van der Waals surface area contributed by atoms with E-state index < -0.39 is 35.5 Å². The van der Waals surface area contributed by atoms with Crippen LogP contribution in [0.15, 0.2) is 29.1 Å². The number of benzene rings is 1. The number of hydrogen-bond donors (Lipinski definition) is 4. The first-order valence-corrected chi connectivity index (χ1v) is 11.8. The molecule has 1 heterocycles. The number of aromatic nitrogens is 1. The lowest BCUT2D eigenvalue weighted by Crippen LogP contribution is -2.45. The normalized spacial score (nSPS) is 13.3. The second kappa shape index (κ2) is 12.1. The predicted molar refractivity (Wildman–Crippen MR) is 136 cm³/mol. The molecular formula is C24H29N5O6S. The van der Waals surface area contributed by atoms with Gasteiger partial charge in [0.25, 0.3) is 11.5 Å². The Hall–Kier alpha value is -3.95. The maximum absolute atomic E-state index is 12.9. The van der Waals surface area contributed by atoms with Crippen LogP contribution >= 0.6 is 11.3 Å². The summed E-state index contributed by atoms with van der Waals surface area (Å²) in [5, 5.41) is 27.0. The van der Waals surface area contributed by atoms with Crippen LogP contribution in [-0.2, 0) is 25.7 Å². The summed E-state index contributed by atoms with van der Waals surface area (Å²) in [6.07, 6.45) is 1.45. The lowest BCUT2D eigenvalue weighted by molar-refractivity contribution is -0.145. The Balaban J connectivity index is 2.44. The van der Waals surface area contributed by atoms with Crippen LogP contribution in [0.25, 0.3) is 11.8 Å². The fraction of sp³-hybridized carbons (Fsp3) is 0.375. The monoisotopic (exact) mass is 515 g/mol. The van der Waals surface area contributed by atoms with Gasteiger partial charge in [0.15, 0.2) is 11.6 Å². The predicted octanol–water partition coefficient (Wildman–Crippen LogP) is 0.0888. The van der Waals surface area contributed by atoms with E-state index in [1.807, 2.05) is 0 Å². The second-order valence-electron chi connectivity index (χ2n) is 8.61. The molecule has 0 bridgehead atoms. The van der Waals surface area contributed by atoms with Gasteiger partial charge in [0.1, 0.15) is 15.3 Å². The number of carbonyl (C=O) groups is 3. The van der Waals surface area contributed by atoms with E-state index in [9.17, 15) is 29.5 Å². The van der Waals surface area contributed by atoms with Crippen molar-refractivity contribution in [2.24, 2.45) is 5.41 Å². The van der Waals surface area contributed by atoms with E-state index in [2.05, 4.69) is 20.7 Å². The number of hydrogen-bond acceptors (Lipinski definition) is 9. The molecule has 36 heavy (non-hydrogen) atoms. The first kappa shape index (κ1) is 28.3. The molecule has 1 aromatic heterocycles. The molecular weight excluding hydrogens is 486 g/mol. The van der Waals surface area contributed by atoms with Crippen LogP contribution in [-0.4, -0.2) is 47.2 Å². The zero-order chi connectivity index (χ0) is 27.0. The zero-order valence-corrected chi connectivity index (χ0v) is 21.5. The summed E-state index contributed by atoms with van der Waals surface area (Å²) in [5.74, 6) is -1.95. The van der Waals surface area contributed by atoms with Crippen LogP contribution in [0.4, 0.5) is 11.4 Å². The van der Waals surface area contributed by atoms with Crippen molar-refractivity contribution in [1.82, 2.24) is 9.88 Å². The van der Waals surface area contributed by atoms with E-state index in [0.717, 1.165) is 18.4 Å². The van der Waals surface area contributed by atoms with Gasteiger partial charge >= 0.3 is 5.97 Å². The number of ether oxygens (including phenoxy) is 1. The van der Waals surface area contributed by atoms with Gasteiger partial charge in [-0.05, 0) is 25.1 Å². The Bertz CT molecular complexity index is 1360. The molecule has 0 radical (unpaired) electrons. The van der Waals surface area contributed by atoms with Gasteiger partial charge in [-0.3, -0.25) is 19.0 Å². The molecule has 1 unspecified atom stereocenters. The van der Waals surface area contributed by atoms with Gasteiger partial charge in [-0.15, -0.1) is 11.3 Å². The summed E-state index contributed by atoms with van der Waals surface area (Å²) in [7, 11) is 1.10. The molecule has 12 heteroatoms. The number of nitrogens with zero attached hydrogens (tertiary/aromatic N) is 2. The molecule has 0 aliphatic heterocycles. The van der Waals surface area contributed by atoms with E-state index >= 15 is 0 Å². The van der Waals surface area contributed by atoms with Crippen molar-refractivity contribution in [3.63, 3.8) is 0 Å². The summed E-state index contributed by atoms with van der Waals surface area (Å²) < 4.78 is 6.11. The highest BCUT2D eigenvalue weighted by Gasteiger charge is 2.24. The number of rotatable bonds is 8. The average Bonchev–Trinajstić information content (AvgIpc) is 3.15. The standard InChI is InChI=1S/C24H29N5O6S/c1-6-29-20(32)18(12-26-14-8-7-9-15(10-14)27-23(34)24(2,3)4)36-21(29)16(11-25)19(31)28-17(13-30)22(33)35-5/h7-10,12,17,26,30H,6,13H2,1-5H3,(H,27,34)(H,28,31)/b18-12+,21-16-. The Labute approximate surface area is 211 Å². The molecule has 1 aromatic carbocycles. The number of nitrogens with one attached hydrogen (secondary N) is 3. The molecule has 2 rings (SSSR count). The minimum Gasteiger partial charge on any atom is -0.467 e. The van der Waals surface area contributed by atoms with Crippen LogP contribution in [0.1, 0.15) is 27.7 Å². The Morgan fingerprint density at radius 3 is 2.50 bits per heavy atom. The quantitative estimate of drug-likeness (QED) is 0.360.